The number of benzene rings is 1. The van der Waals surface area contributed by atoms with Crippen molar-refractivity contribution in [3.63, 3.8) is 0 Å². The number of rotatable bonds is 8. The molecule has 0 unspecified atom stereocenters. The number of amides is 1. The summed E-state index contributed by atoms with van der Waals surface area (Å²) < 4.78 is 10.4. The van der Waals surface area contributed by atoms with E-state index in [2.05, 4.69) is 5.32 Å². The van der Waals surface area contributed by atoms with Gasteiger partial charge in [0.25, 0.3) is 5.91 Å². The average Bonchev–Trinajstić information content (AvgIpc) is 2.61. The molecule has 0 radical (unpaired) electrons. The van der Waals surface area contributed by atoms with Gasteiger partial charge in [-0.2, -0.15) is 0 Å². The van der Waals surface area contributed by atoms with Crippen LogP contribution in [0, 0.1) is 5.92 Å². The van der Waals surface area contributed by atoms with Crippen molar-refractivity contribution in [1.82, 2.24) is 0 Å². The zero-order chi connectivity index (χ0) is 17.2. The zero-order valence-electron chi connectivity index (χ0n) is 14.4. The summed E-state index contributed by atoms with van der Waals surface area (Å²) in [5, 5.41) is 2.70. The van der Waals surface area contributed by atoms with Gasteiger partial charge in [-0.3, -0.25) is 9.59 Å². The second kappa shape index (κ2) is 9.96. The van der Waals surface area contributed by atoms with Crippen molar-refractivity contribution < 1.29 is 19.1 Å². The predicted octanol–water partition coefficient (Wildman–Crippen LogP) is 3.93. The third-order valence-electron chi connectivity index (χ3n) is 4.29. The molecular formula is C19H27NO4. The van der Waals surface area contributed by atoms with Crippen molar-refractivity contribution in [2.24, 2.45) is 5.92 Å². The summed E-state index contributed by atoms with van der Waals surface area (Å²) in [7, 11) is 0. The third-order valence-corrected chi connectivity index (χ3v) is 4.29. The highest BCUT2D eigenvalue weighted by atomic mass is 16.5. The van der Waals surface area contributed by atoms with Crippen LogP contribution in [-0.4, -0.2) is 25.1 Å². The Kier molecular flexibility index (Phi) is 7.59. The number of esters is 1. The molecule has 1 aliphatic rings. The van der Waals surface area contributed by atoms with Crippen LogP contribution >= 0.6 is 0 Å². The van der Waals surface area contributed by atoms with Crippen LogP contribution in [0.3, 0.4) is 0 Å². The van der Waals surface area contributed by atoms with Gasteiger partial charge in [-0.1, -0.05) is 32.1 Å². The van der Waals surface area contributed by atoms with Crippen LogP contribution in [0.5, 0.6) is 5.75 Å². The molecule has 1 amide bonds. The molecule has 24 heavy (non-hydrogen) atoms. The van der Waals surface area contributed by atoms with Gasteiger partial charge in [-0.15, -0.1) is 0 Å². The molecule has 0 aromatic heterocycles. The van der Waals surface area contributed by atoms with E-state index >= 15 is 0 Å². The molecule has 0 aliphatic heterocycles. The fourth-order valence-electron chi connectivity index (χ4n) is 3.01. The molecule has 0 spiro atoms. The lowest BCUT2D eigenvalue weighted by Gasteiger charge is -2.20. The van der Waals surface area contributed by atoms with Gasteiger partial charge in [0, 0.05) is 12.1 Å². The normalized spacial score (nSPS) is 14.9. The van der Waals surface area contributed by atoms with Gasteiger partial charge in [0.05, 0.1) is 6.61 Å². The lowest BCUT2D eigenvalue weighted by molar-refractivity contribution is -0.147. The van der Waals surface area contributed by atoms with Gasteiger partial charge in [-0.25, -0.2) is 0 Å². The molecule has 0 heterocycles. The van der Waals surface area contributed by atoms with Crippen molar-refractivity contribution >= 4 is 17.6 Å². The van der Waals surface area contributed by atoms with E-state index in [-0.39, 0.29) is 18.5 Å². The first-order valence-electron chi connectivity index (χ1n) is 8.85. The molecule has 0 bridgehead atoms. The monoisotopic (exact) mass is 333 g/mol. The van der Waals surface area contributed by atoms with Crippen molar-refractivity contribution in [3.8, 4) is 5.75 Å². The van der Waals surface area contributed by atoms with Gasteiger partial charge in [0.2, 0.25) is 0 Å². The van der Waals surface area contributed by atoms with Crippen LogP contribution in [0.4, 0.5) is 5.69 Å². The number of anilines is 1. The maximum Gasteiger partial charge on any atom is 0.306 e. The highest BCUT2D eigenvalue weighted by molar-refractivity contribution is 5.92. The first-order chi connectivity index (χ1) is 11.7. The number of carbonyl (C=O) groups is 2. The largest absolute Gasteiger partial charge is 0.494 e. The van der Waals surface area contributed by atoms with E-state index < -0.39 is 0 Å². The van der Waals surface area contributed by atoms with Gasteiger partial charge in [0.1, 0.15) is 5.75 Å². The topological polar surface area (TPSA) is 64.6 Å². The van der Waals surface area contributed by atoms with Crippen LogP contribution in [0.25, 0.3) is 0 Å². The molecule has 1 aliphatic carbocycles. The van der Waals surface area contributed by atoms with Crippen LogP contribution in [-0.2, 0) is 14.3 Å². The van der Waals surface area contributed by atoms with Crippen LogP contribution in [0.2, 0.25) is 0 Å². The molecule has 0 atom stereocenters. The van der Waals surface area contributed by atoms with E-state index in [4.69, 9.17) is 9.47 Å². The van der Waals surface area contributed by atoms with Crippen LogP contribution in [0.15, 0.2) is 24.3 Å². The molecule has 5 nitrogen and oxygen atoms in total. The minimum absolute atomic E-state index is 0.239. The van der Waals surface area contributed by atoms with E-state index in [0.717, 1.165) is 12.2 Å². The smallest absolute Gasteiger partial charge is 0.306 e. The molecule has 2 rings (SSSR count). The number of hydrogen-bond donors (Lipinski definition) is 1. The summed E-state index contributed by atoms with van der Waals surface area (Å²) >= 11 is 0. The standard InChI is InChI=1S/C19H27NO4/c1-2-23-17-11-9-16(10-12-17)20-18(21)14-24-19(22)13-8-15-6-4-3-5-7-15/h9-12,15H,2-8,13-14H2,1H3,(H,20,21). The molecule has 132 valence electrons. The number of nitrogens with one attached hydrogen (secondary N) is 1. The van der Waals surface area contributed by atoms with E-state index in [0.29, 0.717) is 24.6 Å². The Labute approximate surface area is 143 Å². The van der Waals surface area contributed by atoms with Gasteiger partial charge in [0.15, 0.2) is 6.61 Å². The predicted molar refractivity (Wildman–Crippen MR) is 93.0 cm³/mol. The van der Waals surface area contributed by atoms with E-state index in [1.807, 2.05) is 6.92 Å². The summed E-state index contributed by atoms with van der Waals surface area (Å²) in [6.07, 6.45) is 7.55. The van der Waals surface area contributed by atoms with Gasteiger partial charge < -0.3 is 14.8 Å². The Balaban J connectivity index is 1.63. The van der Waals surface area contributed by atoms with Crippen molar-refractivity contribution in [3.05, 3.63) is 24.3 Å². The Morgan fingerprint density at radius 1 is 1.12 bits per heavy atom. The van der Waals surface area contributed by atoms with Crippen molar-refractivity contribution in [2.45, 2.75) is 51.9 Å². The first kappa shape index (κ1) is 18.3. The summed E-state index contributed by atoms with van der Waals surface area (Å²) in [5.41, 5.74) is 0.654. The van der Waals surface area contributed by atoms with Crippen molar-refractivity contribution in [2.75, 3.05) is 18.5 Å². The fraction of sp³-hybridized carbons (Fsp3) is 0.579. The van der Waals surface area contributed by atoms with Crippen molar-refractivity contribution in [1.29, 1.82) is 0 Å². The molecule has 1 aromatic rings. The SMILES string of the molecule is CCOc1ccc(NC(=O)COC(=O)CCC2CCCCC2)cc1. The quantitative estimate of drug-likeness (QED) is 0.732. The Bertz CT molecular complexity index is 521. The van der Waals surface area contributed by atoms with Gasteiger partial charge in [-0.05, 0) is 43.5 Å². The van der Waals surface area contributed by atoms with Crippen LogP contribution < -0.4 is 10.1 Å². The van der Waals surface area contributed by atoms with E-state index in [9.17, 15) is 9.59 Å². The highest BCUT2D eigenvalue weighted by Gasteiger charge is 2.16. The molecule has 1 fully saturated rings. The lowest BCUT2D eigenvalue weighted by Crippen LogP contribution is -2.21. The maximum atomic E-state index is 11.8. The number of carbonyl (C=O) groups excluding carboxylic acids is 2. The lowest BCUT2D eigenvalue weighted by atomic mass is 9.86. The molecular weight excluding hydrogens is 306 g/mol. The Morgan fingerprint density at radius 3 is 2.50 bits per heavy atom. The molecule has 5 heteroatoms. The highest BCUT2D eigenvalue weighted by Crippen LogP contribution is 2.27. The Hall–Kier alpha value is -2.04. The molecule has 0 saturated heterocycles. The molecule has 1 N–H and O–H groups in total. The van der Waals surface area contributed by atoms with Crippen LogP contribution in [0.1, 0.15) is 51.9 Å². The minimum Gasteiger partial charge on any atom is -0.494 e. The maximum absolute atomic E-state index is 11.8. The Morgan fingerprint density at radius 2 is 1.83 bits per heavy atom. The number of hydrogen-bond acceptors (Lipinski definition) is 4. The minimum atomic E-state index is -0.329. The zero-order valence-corrected chi connectivity index (χ0v) is 14.4. The summed E-state index contributed by atoms with van der Waals surface area (Å²) in [6.45, 7) is 2.28. The summed E-state index contributed by atoms with van der Waals surface area (Å²) in [6, 6.07) is 7.09. The molecule has 1 aromatic carbocycles. The van der Waals surface area contributed by atoms with Gasteiger partial charge >= 0.3 is 5.97 Å². The fourth-order valence-corrected chi connectivity index (χ4v) is 3.01. The second-order valence-corrected chi connectivity index (χ2v) is 6.21. The third kappa shape index (κ3) is 6.60. The second-order valence-electron chi connectivity index (χ2n) is 6.21. The summed E-state index contributed by atoms with van der Waals surface area (Å²) in [4.78, 5) is 23.6. The number of ether oxygens (including phenoxy) is 2. The van der Waals surface area contributed by atoms with E-state index in [1.165, 1.54) is 32.1 Å². The van der Waals surface area contributed by atoms with E-state index in [1.54, 1.807) is 24.3 Å². The average molecular weight is 333 g/mol. The first-order valence-corrected chi connectivity index (χ1v) is 8.85. The summed E-state index contributed by atoms with van der Waals surface area (Å²) in [5.74, 6) is 0.779. The molecule has 1 saturated carbocycles.